The van der Waals surface area contributed by atoms with Gasteiger partial charge in [0, 0.05) is 31.0 Å². The molecule has 1 aliphatic rings. The zero-order chi connectivity index (χ0) is 19.7. The second kappa shape index (κ2) is 10.2. The number of benzene rings is 1. The molecule has 1 aromatic rings. The zero-order valence-electron chi connectivity index (χ0n) is 14.0. The summed E-state index contributed by atoms with van der Waals surface area (Å²) in [5.74, 6) is -0.425. The number of carbonyl (C=O) groups is 1. The van der Waals surface area contributed by atoms with Gasteiger partial charge in [0.05, 0.1) is 16.4 Å². The van der Waals surface area contributed by atoms with Gasteiger partial charge in [-0.25, -0.2) is 4.39 Å². The molecule has 0 heterocycles. The van der Waals surface area contributed by atoms with Gasteiger partial charge in [-0.1, -0.05) is 17.7 Å². The average molecular weight is 380 g/mol. The summed E-state index contributed by atoms with van der Waals surface area (Å²) in [6, 6.07) is 6.25. The maximum atomic E-state index is 13.6. The van der Waals surface area contributed by atoms with E-state index in [2.05, 4.69) is 4.99 Å². The number of phenolic OH excluding ortho intramolecular Hbond substituents is 1. The van der Waals surface area contributed by atoms with Crippen LogP contribution in [0.5, 0.6) is 5.75 Å². The number of hydrogen-bond acceptors (Lipinski definition) is 6. The van der Waals surface area contributed by atoms with Gasteiger partial charge in [-0.2, -0.15) is 0 Å². The van der Waals surface area contributed by atoms with Crippen molar-refractivity contribution in [1.82, 2.24) is 0 Å². The third-order valence-corrected chi connectivity index (χ3v) is 3.54. The number of aromatic hydroxyl groups is 1. The quantitative estimate of drug-likeness (QED) is 0.363. The number of nitrogens with zero attached hydrogens (tertiary/aromatic N) is 1. The molecule has 1 aliphatic carbocycles. The van der Waals surface area contributed by atoms with E-state index < -0.39 is 5.83 Å². The zero-order valence-corrected chi connectivity index (χ0v) is 14.7. The van der Waals surface area contributed by atoms with Crippen LogP contribution in [0.2, 0.25) is 0 Å². The lowest BCUT2D eigenvalue weighted by atomic mass is 10.1. The number of aldehydes is 1. The standard InChI is InChI=1S/C17H15ClFN3O2.CH4O/c18-13-7-15(20)12(5-6-14(13)19)17(16(21)9-23)22-8-10-1-3-11(24)4-2-10;1-2/h1-5,7-9,24H,6,20-21H2;2H,1H3/b17-16+,22-8?;. The highest BCUT2D eigenvalue weighted by molar-refractivity contribution is 6.31. The Morgan fingerprint density at radius 1 is 1.31 bits per heavy atom. The Morgan fingerprint density at radius 3 is 2.50 bits per heavy atom. The number of nitrogens with two attached hydrogens (primary N) is 2. The first kappa shape index (κ1) is 21.1. The van der Waals surface area contributed by atoms with E-state index in [1.54, 1.807) is 12.1 Å². The first-order valence-corrected chi connectivity index (χ1v) is 7.75. The fourth-order valence-corrected chi connectivity index (χ4v) is 2.18. The minimum absolute atomic E-state index is 0.0876. The van der Waals surface area contributed by atoms with Gasteiger partial charge in [-0.15, -0.1) is 0 Å². The molecule has 0 saturated heterocycles. The van der Waals surface area contributed by atoms with E-state index in [-0.39, 0.29) is 34.3 Å². The number of allylic oxidation sites excluding steroid dienone is 5. The van der Waals surface area contributed by atoms with Crippen LogP contribution in [0, 0.1) is 0 Å². The minimum Gasteiger partial charge on any atom is -0.508 e. The van der Waals surface area contributed by atoms with Crippen molar-refractivity contribution in [1.29, 1.82) is 0 Å². The summed E-state index contributed by atoms with van der Waals surface area (Å²) >= 11 is 5.77. The van der Waals surface area contributed by atoms with E-state index in [1.165, 1.54) is 30.5 Å². The molecule has 6 nitrogen and oxygen atoms in total. The van der Waals surface area contributed by atoms with Crippen molar-refractivity contribution in [2.75, 3.05) is 7.11 Å². The molecule has 0 aliphatic heterocycles. The summed E-state index contributed by atoms with van der Waals surface area (Å²) < 4.78 is 13.6. The summed E-state index contributed by atoms with van der Waals surface area (Å²) in [4.78, 5) is 15.3. The first-order valence-electron chi connectivity index (χ1n) is 7.37. The van der Waals surface area contributed by atoms with Crippen molar-refractivity contribution in [3.63, 3.8) is 0 Å². The molecule has 0 bridgehead atoms. The van der Waals surface area contributed by atoms with Crippen LogP contribution >= 0.6 is 11.6 Å². The van der Waals surface area contributed by atoms with Gasteiger partial charge in [0.25, 0.3) is 0 Å². The Kier molecular flexibility index (Phi) is 8.27. The number of aliphatic imine (C=N–C) groups is 1. The van der Waals surface area contributed by atoms with Crippen LogP contribution in [0.1, 0.15) is 12.0 Å². The van der Waals surface area contributed by atoms with Crippen LogP contribution in [-0.2, 0) is 4.79 Å². The number of aliphatic hydroxyl groups excluding tert-OH is 1. The van der Waals surface area contributed by atoms with Crippen LogP contribution in [0.4, 0.5) is 4.39 Å². The molecule has 2 rings (SSSR count). The summed E-state index contributed by atoms with van der Waals surface area (Å²) in [5.41, 5.74) is 12.7. The van der Waals surface area contributed by atoms with Crippen molar-refractivity contribution >= 4 is 24.1 Å². The normalized spacial score (nSPS) is 15.4. The monoisotopic (exact) mass is 379 g/mol. The molecule has 138 valence electrons. The number of hydrogen-bond donors (Lipinski definition) is 4. The maximum absolute atomic E-state index is 13.6. The van der Waals surface area contributed by atoms with Crippen molar-refractivity contribution < 1.29 is 19.4 Å². The van der Waals surface area contributed by atoms with E-state index in [1.807, 2.05) is 0 Å². The topological polar surface area (TPSA) is 122 Å². The summed E-state index contributed by atoms with van der Waals surface area (Å²) in [7, 11) is 1.00. The molecular formula is C18H19ClFN3O3. The van der Waals surface area contributed by atoms with Crippen molar-refractivity contribution in [3.8, 4) is 5.75 Å². The minimum atomic E-state index is -0.541. The predicted octanol–water partition coefficient (Wildman–Crippen LogP) is 2.38. The third-order valence-electron chi connectivity index (χ3n) is 3.23. The van der Waals surface area contributed by atoms with Crippen molar-refractivity contribution in [2.24, 2.45) is 16.5 Å². The van der Waals surface area contributed by atoms with Gasteiger partial charge in [-0.05, 0) is 35.9 Å². The summed E-state index contributed by atoms with van der Waals surface area (Å²) in [6.45, 7) is 0. The second-order valence-corrected chi connectivity index (χ2v) is 5.35. The van der Waals surface area contributed by atoms with Gasteiger partial charge >= 0.3 is 0 Å². The molecule has 0 aromatic heterocycles. The van der Waals surface area contributed by atoms with E-state index >= 15 is 0 Å². The average Bonchev–Trinajstić information content (AvgIpc) is 2.77. The van der Waals surface area contributed by atoms with Crippen LogP contribution in [0.25, 0.3) is 0 Å². The number of halogens is 2. The summed E-state index contributed by atoms with van der Waals surface area (Å²) in [6.07, 6.45) is 4.53. The lowest BCUT2D eigenvalue weighted by molar-refractivity contribution is -0.105. The number of aliphatic hydroxyl groups is 1. The number of rotatable bonds is 4. The third kappa shape index (κ3) is 5.58. The molecule has 0 amide bonds. The van der Waals surface area contributed by atoms with Crippen molar-refractivity contribution in [3.05, 3.63) is 75.5 Å². The smallest absolute Gasteiger partial charge is 0.167 e. The molecule has 8 heteroatoms. The molecule has 0 saturated carbocycles. The molecule has 0 atom stereocenters. The molecule has 0 fully saturated rings. The molecule has 0 unspecified atom stereocenters. The Balaban J connectivity index is 0.00000163. The lowest BCUT2D eigenvalue weighted by Crippen LogP contribution is -2.10. The van der Waals surface area contributed by atoms with E-state index in [0.717, 1.165) is 7.11 Å². The van der Waals surface area contributed by atoms with Crippen LogP contribution in [0.15, 0.2) is 74.9 Å². The van der Waals surface area contributed by atoms with Gasteiger partial charge in [0.15, 0.2) is 6.29 Å². The molecule has 26 heavy (non-hydrogen) atoms. The van der Waals surface area contributed by atoms with Gasteiger partial charge < -0.3 is 21.7 Å². The Morgan fingerprint density at radius 2 is 1.92 bits per heavy atom. The molecule has 0 spiro atoms. The number of carbonyl (C=O) groups excluding carboxylic acids is 1. The maximum Gasteiger partial charge on any atom is 0.167 e. The Bertz CT molecular complexity index is 809. The highest BCUT2D eigenvalue weighted by Crippen LogP contribution is 2.28. The fourth-order valence-electron chi connectivity index (χ4n) is 1.99. The molecule has 6 N–H and O–H groups in total. The Labute approximate surface area is 155 Å². The largest absolute Gasteiger partial charge is 0.508 e. The summed E-state index contributed by atoms with van der Waals surface area (Å²) in [5, 5.41) is 16.2. The van der Waals surface area contributed by atoms with Crippen LogP contribution < -0.4 is 11.5 Å². The van der Waals surface area contributed by atoms with Gasteiger partial charge in [0.1, 0.15) is 11.6 Å². The molecular weight excluding hydrogens is 361 g/mol. The number of phenols is 1. The van der Waals surface area contributed by atoms with Crippen LogP contribution in [0.3, 0.4) is 0 Å². The van der Waals surface area contributed by atoms with Gasteiger partial charge in [0.2, 0.25) is 0 Å². The molecule has 0 radical (unpaired) electrons. The molecule has 1 aromatic carbocycles. The van der Waals surface area contributed by atoms with E-state index in [4.69, 9.17) is 28.2 Å². The highest BCUT2D eigenvalue weighted by Gasteiger charge is 2.16. The van der Waals surface area contributed by atoms with Crippen LogP contribution in [-0.4, -0.2) is 29.8 Å². The van der Waals surface area contributed by atoms with Gasteiger partial charge in [-0.3, -0.25) is 9.79 Å². The first-order chi connectivity index (χ1) is 12.4. The fraction of sp³-hybridized carbons (Fsp3) is 0.111. The van der Waals surface area contributed by atoms with E-state index in [9.17, 15) is 14.3 Å². The predicted molar refractivity (Wildman–Crippen MR) is 100 cm³/mol. The van der Waals surface area contributed by atoms with E-state index in [0.29, 0.717) is 17.4 Å². The van der Waals surface area contributed by atoms with Crippen molar-refractivity contribution in [2.45, 2.75) is 6.42 Å². The second-order valence-electron chi connectivity index (χ2n) is 4.95. The Hall–Kier alpha value is -2.90. The highest BCUT2D eigenvalue weighted by atomic mass is 35.5. The lowest BCUT2D eigenvalue weighted by Gasteiger charge is -2.09. The SMILES string of the molecule is CO.NC1=CC(Cl)=C(F)CC=C1/C(N=Cc1ccc(O)cc1)=C(\N)C=O.